The summed E-state index contributed by atoms with van der Waals surface area (Å²) in [7, 11) is 0. The molecule has 0 amide bonds. The van der Waals surface area contributed by atoms with Crippen LogP contribution in [0.2, 0.25) is 0 Å². The van der Waals surface area contributed by atoms with Crippen LogP contribution in [0.15, 0.2) is 27.7 Å². The van der Waals surface area contributed by atoms with E-state index in [-0.39, 0.29) is 36.8 Å². The first-order valence-corrected chi connectivity index (χ1v) is 10.3. The number of rotatable bonds is 9. The molecule has 0 saturated heterocycles. The average Bonchev–Trinajstić information content (AvgIpc) is 3.14. The number of nitriles is 1. The van der Waals surface area contributed by atoms with Crippen LogP contribution in [0.3, 0.4) is 0 Å². The van der Waals surface area contributed by atoms with Gasteiger partial charge in [0.2, 0.25) is 0 Å². The molecule has 126 valence electrons. The van der Waals surface area contributed by atoms with E-state index < -0.39 is 0 Å². The molecule has 0 atom stereocenters. The van der Waals surface area contributed by atoms with Crippen molar-refractivity contribution in [2.45, 2.75) is 24.8 Å². The Morgan fingerprint density at radius 3 is 2.88 bits per heavy atom. The summed E-state index contributed by atoms with van der Waals surface area (Å²) in [6.45, 7) is 13.3. The molecule has 0 fully saturated rings. The molecule has 2 aromatic rings. The molecule has 0 aliphatic heterocycles. The van der Waals surface area contributed by atoms with Crippen molar-refractivity contribution >= 4 is 47.3 Å². The van der Waals surface area contributed by atoms with Crippen LogP contribution in [0.4, 0.5) is 0 Å². The number of nitrogens with zero attached hydrogens (tertiary/aromatic N) is 4. The molecule has 0 saturated carbocycles. The fourth-order valence-corrected chi connectivity index (χ4v) is 4.67. The van der Waals surface area contributed by atoms with Crippen LogP contribution < -0.4 is 0 Å². The summed E-state index contributed by atoms with van der Waals surface area (Å²) in [6.07, 6.45) is 4.07. The molecule has 2 rings (SSSR count). The smallest absolute Gasteiger partial charge is 0.497 e. The third-order valence-corrected chi connectivity index (χ3v) is 6.17. The van der Waals surface area contributed by atoms with Crippen molar-refractivity contribution < 1.29 is 31.1 Å². The molecule has 4 nitrogen and oxygen atoms in total. The summed E-state index contributed by atoms with van der Waals surface area (Å²) < 4.78 is 0. The number of unbranched alkanes of at least 4 members (excludes halogenated alkanes) is 1. The summed E-state index contributed by atoms with van der Waals surface area (Å²) in [5, 5.41) is 13.6. The monoisotopic (exact) mass is 610 g/mol. The minimum atomic E-state index is 0. The van der Waals surface area contributed by atoms with Gasteiger partial charge in [0.05, 0.1) is 16.8 Å². The van der Waals surface area contributed by atoms with Crippen LogP contribution in [0.5, 0.6) is 0 Å². The van der Waals surface area contributed by atoms with Gasteiger partial charge in [-0.2, -0.15) is 23.7 Å². The van der Waals surface area contributed by atoms with Crippen molar-refractivity contribution in [2.24, 2.45) is 4.99 Å². The molecule has 0 spiro atoms. The van der Waals surface area contributed by atoms with Crippen molar-refractivity contribution in [3.8, 4) is 16.8 Å². The number of pyridine rings is 1. The van der Waals surface area contributed by atoms with Crippen molar-refractivity contribution in [3.05, 3.63) is 35.3 Å². The molecular weight excluding hydrogens is 594 g/mol. The Morgan fingerprint density at radius 1 is 1.48 bits per heavy atom. The molecule has 0 unspecified atom stereocenters. The second kappa shape index (κ2) is 11.9. The van der Waals surface area contributed by atoms with Crippen LogP contribution in [-0.4, -0.2) is 27.5 Å². The Hall–Kier alpha value is -0.568. The minimum absolute atomic E-state index is 0. The van der Waals surface area contributed by atoms with E-state index in [1.165, 1.54) is 35.9 Å². The minimum Gasteiger partial charge on any atom is -0.497 e. The Balaban J connectivity index is 0.00000312. The van der Waals surface area contributed by atoms with Gasteiger partial charge in [0.1, 0.15) is 5.01 Å². The number of hydrogen-bond acceptors (Lipinski definition) is 7. The van der Waals surface area contributed by atoms with Gasteiger partial charge in [-0.25, -0.2) is 15.5 Å². The summed E-state index contributed by atoms with van der Waals surface area (Å²) in [5.74, 6) is 1.09. The van der Waals surface area contributed by atoms with Crippen molar-refractivity contribution in [3.63, 3.8) is 0 Å². The van der Waals surface area contributed by atoms with Crippen LogP contribution >= 0.6 is 34.9 Å². The predicted octanol–water partition coefficient (Wildman–Crippen LogP) is 5.01. The summed E-state index contributed by atoms with van der Waals surface area (Å²) in [4.78, 5) is 12.4. The van der Waals surface area contributed by atoms with E-state index in [0.29, 0.717) is 21.8 Å². The molecule has 25 heavy (non-hydrogen) atoms. The maximum absolute atomic E-state index is 9.53. The summed E-state index contributed by atoms with van der Waals surface area (Å²) >= 11 is 4.84. The zero-order valence-corrected chi connectivity index (χ0v) is 20.3. The third-order valence-electron chi connectivity index (χ3n) is 3.09. The van der Waals surface area contributed by atoms with Gasteiger partial charge in [0.25, 0.3) is 0 Å². The van der Waals surface area contributed by atoms with E-state index in [2.05, 4.69) is 28.0 Å². The molecule has 0 bridgehead atoms. The van der Waals surface area contributed by atoms with E-state index in [1.54, 1.807) is 12.3 Å². The maximum atomic E-state index is 9.53. The Kier molecular flexibility index (Phi) is 10.7. The Morgan fingerprint density at radius 2 is 2.28 bits per heavy atom. The molecule has 0 N–H and O–H groups in total. The number of aromatic nitrogens is 2. The van der Waals surface area contributed by atoms with Crippen LogP contribution in [-0.2, 0) is 0 Å². The van der Waals surface area contributed by atoms with Crippen LogP contribution in [0, 0.1) is 49.0 Å². The average molecular weight is 611 g/mol. The van der Waals surface area contributed by atoms with Gasteiger partial charge < -0.3 is 11.6 Å². The van der Waals surface area contributed by atoms with Crippen molar-refractivity contribution in [1.82, 2.24) is 9.97 Å². The molecule has 2 aromatic heterocycles. The Bertz CT molecular complexity index is 754. The number of hydrogen-bond donors (Lipinski definition) is 0. The van der Waals surface area contributed by atoms with Crippen molar-refractivity contribution in [2.75, 3.05) is 10.8 Å². The molecule has 8 heteroatoms. The van der Waals surface area contributed by atoms with E-state index in [1.807, 2.05) is 17.1 Å². The predicted molar refractivity (Wildman–Crippen MR) is 104 cm³/mol. The van der Waals surface area contributed by atoms with Crippen LogP contribution in [0.1, 0.15) is 30.9 Å². The number of thioether (sulfide) groups is 2. The first kappa shape index (κ1) is 22.5. The van der Waals surface area contributed by atoms with Crippen molar-refractivity contribution in [1.29, 1.82) is 5.26 Å². The standard InChI is InChI=1S/C17H16N4S3.U/c1-4-5-7-22-11-24-16-14(10-18)13(12(2)19-3)9-15(21-16)17-20-6-8-23-17;/h2-3,6,8-9H,4-5,7,11H2,1H3;/q-2;+2. The van der Waals surface area contributed by atoms with Gasteiger partial charge in [-0.05, 0) is 17.7 Å². The largest absolute Gasteiger partial charge is 2.00 e. The van der Waals surface area contributed by atoms with Gasteiger partial charge in [-0.1, -0.05) is 25.1 Å². The van der Waals surface area contributed by atoms with Gasteiger partial charge in [-0.15, -0.1) is 17.4 Å². The molecule has 0 aromatic carbocycles. The molecule has 2 heterocycles. The fraction of sp³-hybridized carbons (Fsp3) is 0.294. The molecule has 0 aliphatic rings. The van der Waals surface area contributed by atoms with E-state index in [0.717, 1.165) is 15.8 Å². The zero-order chi connectivity index (χ0) is 17.4. The quantitative estimate of drug-likeness (QED) is 0.131. The number of aliphatic imine (C=N–C) groups is 1. The Labute approximate surface area is 185 Å². The SMILES string of the molecule is [CH-]=NC(=[CH-])c1cc(-c2nccs2)nc(SCSCCCC)c1C#N.[U+2]. The van der Waals surface area contributed by atoms with Gasteiger partial charge in [-0.3, -0.25) is 5.70 Å². The summed E-state index contributed by atoms with van der Waals surface area (Å²) in [6, 6.07) is 3.90. The van der Waals surface area contributed by atoms with Gasteiger partial charge in [0, 0.05) is 16.7 Å². The topological polar surface area (TPSA) is 61.9 Å². The molecule has 0 aliphatic carbocycles. The maximum Gasteiger partial charge on any atom is 2.00 e. The second-order valence-corrected chi connectivity index (χ2v) is 8.05. The van der Waals surface area contributed by atoms with E-state index in [4.69, 9.17) is 13.3 Å². The van der Waals surface area contributed by atoms with Crippen LogP contribution in [0.25, 0.3) is 16.4 Å². The fourth-order valence-electron chi connectivity index (χ4n) is 1.87. The third kappa shape index (κ3) is 6.27. The zero-order valence-electron chi connectivity index (χ0n) is 13.7. The second-order valence-electron chi connectivity index (χ2n) is 4.72. The van der Waals surface area contributed by atoms with E-state index >= 15 is 0 Å². The number of thiazole rings is 1. The normalized spacial score (nSPS) is 9.92. The first-order chi connectivity index (χ1) is 11.7. The van der Waals surface area contributed by atoms with Gasteiger partial charge in [0.15, 0.2) is 0 Å². The van der Waals surface area contributed by atoms with E-state index in [9.17, 15) is 5.26 Å². The first-order valence-electron chi connectivity index (χ1n) is 7.30. The molecule has 0 radical (unpaired) electrons. The summed E-state index contributed by atoms with van der Waals surface area (Å²) in [5.41, 5.74) is 1.70. The molecular formula is C17H16N4S3U. The van der Waals surface area contributed by atoms with Gasteiger partial charge >= 0.3 is 31.1 Å².